The van der Waals surface area contributed by atoms with Crippen LogP contribution in [0.5, 0.6) is 0 Å². The number of aromatic nitrogens is 3. The second-order valence-corrected chi connectivity index (χ2v) is 3.26. The summed E-state index contributed by atoms with van der Waals surface area (Å²) in [6.45, 7) is 0.838. The highest BCUT2D eigenvalue weighted by Gasteiger charge is 2.09. The summed E-state index contributed by atoms with van der Waals surface area (Å²) in [6.07, 6.45) is 5.70. The molecule has 2 heterocycles. The van der Waals surface area contributed by atoms with E-state index in [1.54, 1.807) is 4.57 Å². The minimum Gasteiger partial charge on any atom is -0.279 e. The molecule has 0 atom stereocenters. The molecule has 1 N–H and O–H groups in total. The lowest BCUT2D eigenvalue weighted by Crippen LogP contribution is -2.20. The van der Waals surface area contributed by atoms with Crippen molar-refractivity contribution in [3.8, 4) is 0 Å². The molecule has 1 aromatic rings. The van der Waals surface area contributed by atoms with Crippen molar-refractivity contribution in [2.75, 3.05) is 0 Å². The number of fused-ring (bicyclic) bond motifs is 1. The monoisotopic (exact) mass is 167 g/mol. The van der Waals surface area contributed by atoms with E-state index >= 15 is 0 Å². The molecular formula is C8H13N3O. The van der Waals surface area contributed by atoms with E-state index < -0.39 is 0 Å². The first-order chi connectivity index (χ1) is 5.88. The van der Waals surface area contributed by atoms with Crippen LogP contribution in [-0.4, -0.2) is 14.8 Å². The second-order valence-electron chi connectivity index (χ2n) is 3.26. The van der Waals surface area contributed by atoms with E-state index in [1.807, 2.05) is 0 Å². The van der Waals surface area contributed by atoms with Crippen molar-refractivity contribution in [2.45, 2.75) is 38.6 Å². The van der Waals surface area contributed by atoms with E-state index in [0.29, 0.717) is 0 Å². The van der Waals surface area contributed by atoms with Gasteiger partial charge in [0.1, 0.15) is 5.82 Å². The lowest BCUT2D eigenvalue weighted by molar-refractivity contribution is 0.508. The van der Waals surface area contributed by atoms with E-state index in [1.165, 1.54) is 12.8 Å². The molecule has 0 radical (unpaired) electrons. The molecule has 0 aromatic carbocycles. The Bertz CT molecular complexity index is 312. The van der Waals surface area contributed by atoms with Gasteiger partial charge in [-0.05, 0) is 12.8 Å². The maximum Gasteiger partial charge on any atom is 0.343 e. The number of rotatable bonds is 0. The van der Waals surface area contributed by atoms with Crippen molar-refractivity contribution in [3.63, 3.8) is 0 Å². The predicted octanol–water partition coefficient (Wildman–Crippen LogP) is 0.688. The summed E-state index contributed by atoms with van der Waals surface area (Å²) >= 11 is 0. The fraction of sp³-hybridized carbons (Fsp3) is 0.750. The Morgan fingerprint density at radius 2 is 2.08 bits per heavy atom. The third-order valence-electron chi connectivity index (χ3n) is 2.37. The average Bonchev–Trinajstić information content (AvgIpc) is 2.31. The van der Waals surface area contributed by atoms with Crippen LogP contribution in [0.3, 0.4) is 0 Å². The van der Waals surface area contributed by atoms with Crippen LogP contribution in [0, 0.1) is 0 Å². The van der Waals surface area contributed by atoms with Gasteiger partial charge in [0.25, 0.3) is 0 Å². The first kappa shape index (κ1) is 7.58. The molecular weight excluding hydrogens is 154 g/mol. The Morgan fingerprint density at radius 3 is 3.00 bits per heavy atom. The quantitative estimate of drug-likeness (QED) is 0.618. The zero-order valence-electron chi connectivity index (χ0n) is 7.05. The van der Waals surface area contributed by atoms with Crippen molar-refractivity contribution in [1.82, 2.24) is 14.8 Å². The van der Waals surface area contributed by atoms with E-state index in [0.717, 1.165) is 31.6 Å². The van der Waals surface area contributed by atoms with Gasteiger partial charge < -0.3 is 0 Å². The molecule has 0 unspecified atom stereocenters. The number of nitrogens with zero attached hydrogens (tertiary/aromatic N) is 2. The van der Waals surface area contributed by atoms with Crippen LogP contribution in [-0.2, 0) is 13.0 Å². The summed E-state index contributed by atoms with van der Waals surface area (Å²) in [5.41, 5.74) is -0.0492. The highest BCUT2D eigenvalue weighted by molar-refractivity contribution is 4.87. The van der Waals surface area contributed by atoms with Gasteiger partial charge in [0.2, 0.25) is 0 Å². The Labute approximate surface area is 70.6 Å². The SMILES string of the molecule is O=c1[nH]nc2n1CCCCCC2. The molecule has 0 aliphatic carbocycles. The van der Waals surface area contributed by atoms with Crippen molar-refractivity contribution in [3.05, 3.63) is 16.3 Å². The van der Waals surface area contributed by atoms with E-state index in [9.17, 15) is 4.79 Å². The van der Waals surface area contributed by atoms with Gasteiger partial charge in [0.15, 0.2) is 0 Å². The van der Waals surface area contributed by atoms with Crippen LogP contribution in [0.1, 0.15) is 31.5 Å². The van der Waals surface area contributed by atoms with Crippen molar-refractivity contribution in [1.29, 1.82) is 0 Å². The maximum atomic E-state index is 11.2. The van der Waals surface area contributed by atoms with Gasteiger partial charge in [-0.1, -0.05) is 12.8 Å². The van der Waals surface area contributed by atoms with Crippen LogP contribution < -0.4 is 5.69 Å². The van der Waals surface area contributed by atoms with Crippen molar-refractivity contribution >= 4 is 0 Å². The molecule has 1 aliphatic rings. The number of H-pyrrole nitrogens is 1. The number of aryl methyl sites for hydroxylation is 1. The number of hydrogen-bond acceptors (Lipinski definition) is 2. The largest absolute Gasteiger partial charge is 0.343 e. The van der Waals surface area contributed by atoms with Crippen LogP contribution in [0.15, 0.2) is 4.79 Å². The summed E-state index contributed by atoms with van der Waals surface area (Å²) in [6, 6.07) is 0. The molecule has 1 aliphatic heterocycles. The Hall–Kier alpha value is -1.06. The predicted molar refractivity (Wildman–Crippen MR) is 45.0 cm³/mol. The van der Waals surface area contributed by atoms with Crippen LogP contribution in [0.2, 0.25) is 0 Å². The second kappa shape index (κ2) is 3.13. The van der Waals surface area contributed by atoms with E-state index in [4.69, 9.17) is 0 Å². The standard InChI is InChI=1S/C8H13N3O/c12-8-10-9-7-5-3-1-2-4-6-11(7)8/h1-6H2,(H,10,12). The van der Waals surface area contributed by atoms with Gasteiger partial charge in [-0.3, -0.25) is 4.57 Å². The minimum absolute atomic E-state index is 0.0492. The van der Waals surface area contributed by atoms with Gasteiger partial charge in [-0.15, -0.1) is 0 Å². The maximum absolute atomic E-state index is 11.2. The zero-order chi connectivity index (χ0) is 8.39. The topological polar surface area (TPSA) is 50.7 Å². The summed E-state index contributed by atoms with van der Waals surface area (Å²) in [5.74, 6) is 0.930. The smallest absolute Gasteiger partial charge is 0.279 e. The van der Waals surface area contributed by atoms with Crippen molar-refractivity contribution in [2.24, 2.45) is 0 Å². The van der Waals surface area contributed by atoms with Crippen LogP contribution in [0.4, 0.5) is 0 Å². The Balaban J connectivity index is 2.32. The fourth-order valence-corrected chi connectivity index (χ4v) is 1.68. The Morgan fingerprint density at radius 1 is 1.25 bits per heavy atom. The summed E-state index contributed by atoms with van der Waals surface area (Å²) in [5, 5.41) is 6.48. The normalized spacial score (nSPS) is 18.0. The summed E-state index contributed by atoms with van der Waals surface area (Å²) < 4.78 is 1.76. The Kier molecular flexibility index (Phi) is 1.98. The first-order valence-corrected chi connectivity index (χ1v) is 4.52. The van der Waals surface area contributed by atoms with Gasteiger partial charge in [-0.2, -0.15) is 5.10 Å². The van der Waals surface area contributed by atoms with Gasteiger partial charge in [-0.25, -0.2) is 9.89 Å². The minimum atomic E-state index is -0.0492. The van der Waals surface area contributed by atoms with Crippen LogP contribution in [0.25, 0.3) is 0 Å². The van der Waals surface area contributed by atoms with Crippen molar-refractivity contribution < 1.29 is 0 Å². The highest BCUT2D eigenvalue weighted by atomic mass is 16.1. The highest BCUT2D eigenvalue weighted by Crippen LogP contribution is 2.09. The van der Waals surface area contributed by atoms with Gasteiger partial charge >= 0.3 is 5.69 Å². The molecule has 4 nitrogen and oxygen atoms in total. The number of nitrogens with one attached hydrogen (secondary N) is 1. The molecule has 0 amide bonds. The molecule has 0 bridgehead atoms. The number of hydrogen-bond donors (Lipinski definition) is 1. The molecule has 4 heteroatoms. The summed E-state index contributed by atoms with van der Waals surface area (Å²) in [7, 11) is 0. The molecule has 0 spiro atoms. The van der Waals surface area contributed by atoms with Gasteiger partial charge in [0, 0.05) is 13.0 Å². The summed E-state index contributed by atoms with van der Waals surface area (Å²) in [4.78, 5) is 11.2. The van der Waals surface area contributed by atoms with E-state index in [-0.39, 0.29) is 5.69 Å². The first-order valence-electron chi connectivity index (χ1n) is 4.52. The molecule has 0 fully saturated rings. The molecule has 12 heavy (non-hydrogen) atoms. The third kappa shape index (κ3) is 1.29. The lowest BCUT2D eigenvalue weighted by Gasteiger charge is -2.08. The lowest BCUT2D eigenvalue weighted by atomic mass is 10.1. The molecule has 1 aromatic heterocycles. The zero-order valence-corrected chi connectivity index (χ0v) is 7.05. The number of aromatic amines is 1. The van der Waals surface area contributed by atoms with Crippen LogP contribution >= 0.6 is 0 Å². The third-order valence-corrected chi connectivity index (χ3v) is 2.37. The fourth-order valence-electron chi connectivity index (χ4n) is 1.68. The molecule has 0 saturated heterocycles. The average molecular weight is 167 g/mol. The van der Waals surface area contributed by atoms with E-state index in [2.05, 4.69) is 10.2 Å². The van der Waals surface area contributed by atoms with Gasteiger partial charge in [0.05, 0.1) is 0 Å². The molecule has 2 rings (SSSR count). The molecule has 0 saturated carbocycles. The molecule has 66 valence electrons.